The molecule has 590 valence electrons. The van der Waals surface area contributed by atoms with Crippen LogP contribution in [0, 0.1) is 0 Å². The minimum Gasteiger partial charge on any atom is -0.356 e. The summed E-state index contributed by atoms with van der Waals surface area (Å²) in [7, 11) is 0. The standard InChI is InChI=1S/C104H108N6O6/c111-91(37-19-23-69-41-45-81-53-49-73-27-15-31-77-57-61-85(69)99(81)95(73)77)105-65-13-9-35-89(109-93(113)39-21-25-71-43-47-83-55-51-75-29-17-33-79-59-63-87(71)101(83)97(75)79)103(115)107-67-11-7-5-3-1-2-4-6-8-12-68-108-104(116)90(110-94(114)40-22-26-72-44-48-84-56-52-76-30-18-34-80-60-64-88(72)102(84)98(76)80)36-10-14-66-106-92(112)38-20-24-70-42-46-82-54-50-74-28-16-32-78-58-62-86(70)100(82)96(74)78/h15-18,27-34,41-64,89-90H,1-14,19-26,35-40,65-68H2,(H,105,111)(H,106,112)(H,107,115)(H,108,116)(H,109,113)(H,110,114)/t89-,90-/m0/s1. The molecule has 0 aromatic heterocycles. The molecule has 0 aliphatic heterocycles. The Morgan fingerprint density at radius 2 is 0.422 bits per heavy atom. The normalized spacial score (nSPS) is 12.5. The van der Waals surface area contributed by atoms with Gasteiger partial charge in [0.05, 0.1) is 0 Å². The summed E-state index contributed by atoms with van der Waals surface area (Å²) < 4.78 is 0. The second-order valence-electron chi connectivity index (χ2n) is 32.8. The number of unbranched alkanes of at least 4 members (excludes halogenated alkanes) is 11. The van der Waals surface area contributed by atoms with Crippen molar-refractivity contribution in [3.63, 3.8) is 0 Å². The molecule has 2 atom stereocenters. The Bertz CT molecular complexity index is 5710. The summed E-state index contributed by atoms with van der Waals surface area (Å²) in [5.41, 5.74) is 4.97. The van der Waals surface area contributed by atoms with Crippen LogP contribution in [0.15, 0.2) is 218 Å². The minimum absolute atomic E-state index is 0.0298. The quantitative estimate of drug-likeness (QED) is 0.0164. The lowest BCUT2D eigenvalue weighted by atomic mass is 9.90. The zero-order valence-electron chi connectivity index (χ0n) is 67.0. The van der Waals surface area contributed by atoms with Gasteiger partial charge in [-0.05, 0) is 254 Å². The van der Waals surface area contributed by atoms with Crippen LogP contribution in [0.2, 0.25) is 0 Å². The molecule has 0 aliphatic rings. The van der Waals surface area contributed by atoms with E-state index in [-0.39, 0.29) is 35.4 Å². The maximum absolute atomic E-state index is 14.0. The summed E-state index contributed by atoms with van der Waals surface area (Å²) in [6, 6.07) is 77.4. The maximum Gasteiger partial charge on any atom is 0.242 e. The number of carbonyl (C=O) groups is 6. The first-order valence-corrected chi connectivity index (χ1v) is 43.3. The summed E-state index contributed by atoms with van der Waals surface area (Å²) in [6.07, 6.45) is 21.6. The fourth-order valence-corrected chi connectivity index (χ4v) is 18.8. The molecule has 16 aromatic carbocycles. The van der Waals surface area contributed by atoms with Crippen LogP contribution in [-0.4, -0.2) is 73.7 Å². The van der Waals surface area contributed by atoms with Crippen LogP contribution in [0.5, 0.6) is 0 Å². The van der Waals surface area contributed by atoms with Gasteiger partial charge < -0.3 is 31.9 Å². The summed E-state index contributed by atoms with van der Waals surface area (Å²) in [4.78, 5) is 81.8. The third-order valence-corrected chi connectivity index (χ3v) is 24.9. The smallest absolute Gasteiger partial charge is 0.242 e. The second-order valence-corrected chi connectivity index (χ2v) is 32.8. The maximum atomic E-state index is 14.0. The van der Waals surface area contributed by atoms with E-state index in [1.807, 2.05) is 0 Å². The third-order valence-electron chi connectivity index (χ3n) is 24.9. The van der Waals surface area contributed by atoms with Gasteiger partial charge in [-0.1, -0.05) is 270 Å². The first-order valence-electron chi connectivity index (χ1n) is 43.3. The monoisotopic (exact) mass is 1540 g/mol. The van der Waals surface area contributed by atoms with E-state index in [1.165, 1.54) is 152 Å². The largest absolute Gasteiger partial charge is 0.356 e. The average molecular weight is 1540 g/mol. The van der Waals surface area contributed by atoms with E-state index in [2.05, 4.69) is 250 Å². The zero-order chi connectivity index (χ0) is 79.1. The molecule has 0 saturated carbocycles. The third kappa shape index (κ3) is 18.1. The van der Waals surface area contributed by atoms with Crippen molar-refractivity contribution < 1.29 is 28.8 Å². The number of aryl methyl sites for hydroxylation is 4. The number of benzene rings is 16. The van der Waals surface area contributed by atoms with E-state index < -0.39 is 12.1 Å². The molecule has 12 nitrogen and oxygen atoms in total. The molecular formula is C104H108N6O6. The Hall–Kier alpha value is -11.5. The molecule has 0 saturated heterocycles. The van der Waals surface area contributed by atoms with Gasteiger partial charge in [0.15, 0.2) is 0 Å². The van der Waals surface area contributed by atoms with Crippen molar-refractivity contribution in [1.29, 1.82) is 0 Å². The Balaban J connectivity index is 0.448. The number of hydrogen-bond acceptors (Lipinski definition) is 6. The molecule has 0 spiro atoms. The van der Waals surface area contributed by atoms with Gasteiger partial charge in [-0.25, -0.2) is 0 Å². The van der Waals surface area contributed by atoms with Crippen molar-refractivity contribution in [2.45, 2.75) is 192 Å². The number of rotatable bonds is 43. The van der Waals surface area contributed by atoms with Gasteiger partial charge in [0.1, 0.15) is 12.1 Å². The van der Waals surface area contributed by atoms with Crippen molar-refractivity contribution in [3.8, 4) is 0 Å². The van der Waals surface area contributed by atoms with E-state index in [0.717, 1.165) is 103 Å². The van der Waals surface area contributed by atoms with Crippen LogP contribution >= 0.6 is 0 Å². The predicted molar refractivity (Wildman–Crippen MR) is 482 cm³/mol. The van der Waals surface area contributed by atoms with Crippen LogP contribution in [0.3, 0.4) is 0 Å². The van der Waals surface area contributed by atoms with E-state index in [1.54, 1.807) is 0 Å². The lowest BCUT2D eigenvalue weighted by Crippen LogP contribution is -2.47. The molecule has 0 unspecified atom stereocenters. The fraction of sp³-hybridized carbons (Fsp3) is 0.327. The number of hydrogen-bond donors (Lipinski definition) is 6. The topological polar surface area (TPSA) is 175 Å². The van der Waals surface area contributed by atoms with Crippen molar-refractivity contribution >= 4 is 165 Å². The Labute approximate surface area is 680 Å². The number of amides is 6. The van der Waals surface area contributed by atoms with Crippen LogP contribution in [0.25, 0.3) is 129 Å². The van der Waals surface area contributed by atoms with Crippen molar-refractivity contribution in [2.24, 2.45) is 0 Å². The summed E-state index contributed by atoms with van der Waals surface area (Å²) in [5, 5.41) is 49.0. The van der Waals surface area contributed by atoms with Gasteiger partial charge in [-0.2, -0.15) is 0 Å². The lowest BCUT2D eigenvalue weighted by molar-refractivity contribution is -0.129. The molecule has 0 fully saturated rings. The molecule has 6 amide bonds. The van der Waals surface area contributed by atoms with Crippen LogP contribution in [0.1, 0.15) is 176 Å². The summed E-state index contributed by atoms with van der Waals surface area (Å²) in [5.74, 6) is -0.499. The van der Waals surface area contributed by atoms with Crippen molar-refractivity contribution in [3.05, 3.63) is 241 Å². The van der Waals surface area contributed by atoms with Crippen molar-refractivity contribution in [2.75, 3.05) is 26.2 Å². The Morgan fingerprint density at radius 1 is 0.207 bits per heavy atom. The highest BCUT2D eigenvalue weighted by atomic mass is 16.2. The molecule has 12 heteroatoms. The number of carbonyl (C=O) groups excluding carboxylic acids is 6. The zero-order valence-corrected chi connectivity index (χ0v) is 67.0. The minimum atomic E-state index is -0.665. The molecule has 0 radical (unpaired) electrons. The molecule has 0 aliphatic carbocycles. The van der Waals surface area contributed by atoms with Crippen LogP contribution < -0.4 is 31.9 Å². The SMILES string of the molecule is O=C(CCCc1ccc2ccc3cccc4ccc1c2c34)NCCCC[C@H](NC(=O)CCCc1ccc2ccc3cccc4ccc1c2c34)C(=O)NCCCCCCCCCCCCNC(=O)[C@H](CCCCNC(=O)CCCc1ccc2ccc3cccc4ccc1c2c34)NC(=O)CCCc1ccc2ccc3cccc4ccc1c2c34. The summed E-state index contributed by atoms with van der Waals surface area (Å²) in [6.45, 7) is 2.12. The molecule has 16 rings (SSSR count). The van der Waals surface area contributed by atoms with E-state index in [9.17, 15) is 28.8 Å². The van der Waals surface area contributed by atoms with Crippen LogP contribution in [-0.2, 0) is 54.5 Å². The van der Waals surface area contributed by atoms with Crippen molar-refractivity contribution in [1.82, 2.24) is 31.9 Å². The Kier molecular flexibility index (Phi) is 25.3. The molecular weight excluding hydrogens is 1430 g/mol. The fourth-order valence-electron chi connectivity index (χ4n) is 18.8. The number of nitrogens with one attached hydrogen (secondary N) is 6. The van der Waals surface area contributed by atoms with Gasteiger partial charge in [-0.15, -0.1) is 0 Å². The van der Waals surface area contributed by atoms with Gasteiger partial charge in [0, 0.05) is 51.9 Å². The highest BCUT2D eigenvalue weighted by molar-refractivity contribution is 6.27. The Morgan fingerprint density at radius 3 is 0.698 bits per heavy atom. The molecule has 0 bridgehead atoms. The highest BCUT2D eigenvalue weighted by Gasteiger charge is 2.24. The lowest BCUT2D eigenvalue weighted by Gasteiger charge is -2.19. The first-order chi connectivity index (χ1) is 57.0. The van der Waals surface area contributed by atoms with Gasteiger partial charge in [0.2, 0.25) is 35.4 Å². The van der Waals surface area contributed by atoms with Gasteiger partial charge >= 0.3 is 0 Å². The highest BCUT2D eigenvalue weighted by Crippen LogP contribution is 2.41. The average Bonchev–Trinajstić information content (AvgIpc) is 0.761. The van der Waals surface area contributed by atoms with Gasteiger partial charge in [-0.3, -0.25) is 28.8 Å². The molecule has 116 heavy (non-hydrogen) atoms. The molecule has 16 aromatic rings. The second kappa shape index (κ2) is 37.4. The molecule has 6 N–H and O–H groups in total. The van der Waals surface area contributed by atoms with E-state index in [0.29, 0.717) is 103 Å². The first kappa shape index (κ1) is 78.4. The summed E-state index contributed by atoms with van der Waals surface area (Å²) >= 11 is 0. The predicted octanol–water partition coefficient (Wildman–Crippen LogP) is 22.3. The van der Waals surface area contributed by atoms with E-state index >= 15 is 0 Å². The van der Waals surface area contributed by atoms with Crippen LogP contribution in [0.4, 0.5) is 0 Å². The van der Waals surface area contributed by atoms with E-state index in [4.69, 9.17) is 0 Å². The molecule has 0 heterocycles. The van der Waals surface area contributed by atoms with Gasteiger partial charge in [0.25, 0.3) is 0 Å².